The van der Waals surface area contributed by atoms with Crippen LogP contribution in [-0.2, 0) is 0 Å². The van der Waals surface area contributed by atoms with E-state index in [4.69, 9.17) is 10.00 Å². The van der Waals surface area contributed by atoms with Gasteiger partial charge in [0.1, 0.15) is 11.4 Å². The minimum Gasteiger partial charge on any atom is -0.618 e. The Kier molecular flexibility index (Phi) is 4.47. The van der Waals surface area contributed by atoms with E-state index in [0.29, 0.717) is 22.7 Å². The molecule has 0 saturated heterocycles. The number of benzene rings is 1. The molecule has 1 aromatic carbocycles. The van der Waals surface area contributed by atoms with E-state index in [-0.39, 0.29) is 0 Å². The number of hydrogen-bond acceptors (Lipinski definition) is 3. The molecule has 0 saturated carbocycles. The second-order valence-electron chi connectivity index (χ2n) is 5.56. The molecule has 0 N–H and O–H groups in total. The summed E-state index contributed by atoms with van der Waals surface area (Å²) in [6.07, 6.45) is 3.60. The molecule has 0 aliphatic carbocycles. The van der Waals surface area contributed by atoms with Gasteiger partial charge in [-0.05, 0) is 50.3 Å². The van der Waals surface area contributed by atoms with Crippen molar-refractivity contribution in [2.24, 2.45) is 0 Å². The predicted molar refractivity (Wildman–Crippen MR) is 85.0 cm³/mol. The van der Waals surface area contributed by atoms with Gasteiger partial charge in [-0.25, -0.2) is 0 Å². The molecule has 0 amide bonds. The Morgan fingerprint density at radius 2 is 1.86 bits per heavy atom. The highest BCUT2D eigenvalue weighted by molar-refractivity contribution is 5.44. The van der Waals surface area contributed by atoms with Crippen molar-refractivity contribution in [3.05, 3.63) is 70.7 Å². The second-order valence-corrected chi connectivity index (χ2v) is 5.56. The molecule has 112 valence electrons. The summed E-state index contributed by atoms with van der Waals surface area (Å²) in [6, 6.07) is 14.4. The van der Waals surface area contributed by atoms with E-state index in [1.165, 1.54) is 0 Å². The van der Waals surface area contributed by atoms with Crippen LogP contribution in [0.15, 0.2) is 48.5 Å². The molecule has 0 fully saturated rings. The zero-order valence-electron chi connectivity index (χ0n) is 12.9. The lowest BCUT2D eigenvalue weighted by atomic mass is 10.1. The quantitative estimate of drug-likeness (QED) is 0.641. The monoisotopic (exact) mass is 294 g/mol. The first-order valence-corrected chi connectivity index (χ1v) is 6.99. The highest BCUT2D eigenvalue weighted by Crippen LogP contribution is 2.20. The molecule has 0 spiro atoms. The van der Waals surface area contributed by atoms with E-state index >= 15 is 0 Å². The van der Waals surface area contributed by atoms with Gasteiger partial charge in [-0.3, -0.25) is 0 Å². The molecule has 4 heteroatoms. The minimum atomic E-state index is -0.578. The van der Waals surface area contributed by atoms with E-state index < -0.39 is 5.60 Å². The van der Waals surface area contributed by atoms with E-state index in [1.807, 2.05) is 26.0 Å². The molecule has 0 atom stereocenters. The van der Waals surface area contributed by atoms with Gasteiger partial charge in [0, 0.05) is 25.1 Å². The summed E-state index contributed by atoms with van der Waals surface area (Å²) < 4.78 is 6.77. The Hall–Kier alpha value is -2.80. The molecule has 0 aliphatic heterocycles. The van der Waals surface area contributed by atoms with Gasteiger partial charge in [-0.1, -0.05) is 0 Å². The fraction of sp³-hybridized carbons (Fsp3) is 0.222. The fourth-order valence-corrected chi connectivity index (χ4v) is 1.97. The van der Waals surface area contributed by atoms with Gasteiger partial charge in [-0.2, -0.15) is 9.99 Å². The van der Waals surface area contributed by atoms with Crippen molar-refractivity contribution in [2.75, 3.05) is 0 Å². The number of rotatable bonds is 4. The average Bonchev–Trinajstić information content (AvgIpc) is 2.49. The summed E-state index contributed by atoms with van der Waals surface area (Å²) in [4.78, 5) is 0. The van der Waals surface area contributed by atoms with Gasteiger partial charge in [-0.15, -0.1) is 0 Å². The number of pyridine rings is 1. The topological polar surface area (TPSA) is 60.0 Å². The van der Waals surface area contributed by atoms with E-state index in [9.17, 15) is 5.21 Å². The average molecular weight is 294 g/mol. The third-order valence-electron chi connectivity index (χ3n) is 3.18. The number of nitriles is 1. The van der Waals surface area contributed by atoms with Gasteiger partial charge < -0.3 is 9.94 Å². The van der Waals surface area contributed by atoms with Crippen molar-refractivity contribution in [3.8, 4) is 11.8 Å². The zero-order valence-corrected chi connectivity index (χ0v) is 12.9. The Bertz CT molecular complexity index is 726. The maximum atomic E-state index is 11.9. The number of aromatic nitrogens is 1. The van der Waals surface area contributed by atoms with Gasteiger partial charge >= 0.3 is 0 Å². The summed E-state index contributed by atoms with van der Waals surface area (Å²) in [7, 11) is 0. The van der Waals surface area contributed by atoms with Crippen molar-refractivity contribution >= 4 is 6.08 Å². The fourth-order valence-electron chi connectivity index (χ4n) is 1.97. The second kappa shape index (κ2) is 6.31. The molecule has 22 heavy (non-hydrogen) atoms. The normalized spacial score (nSPS) is 11.4. The van der Waals surface area contributed by atoms with Crippen LogP contribution in [0.1, 0.15) is 30.8 Å². The molecular weight excluding hydrogens is 276 g/mol. The number of ether oxygens (including phenoxy) is 1. The lowest BCUT2D eigenvalue weighted by Crippen LogP contribution is -2.33. The van der Waals surface area contributed by atoms with E-state index in [2.05, 4.69) is 6.07 Å². The van der Waals surface area contributed by atoms with Crippen molar-refractivity contribution < 1.29 is 9.47 Å². The third-order valence-corrected chi connectivity index (χ3v) is 3.18. The highest BCUT2D eigenvalue weighted by atomic mass is 16.5. The SMILES string of the molecule is Cc1cccc(/C=C/C(C)(C)Oc2ccc(C#N)cc2)[n+]1[O-]. The summed E-state index contributed by atoms with van der Waals surface area (Å²) in [5, 5.41) is 20.7. The molecule has 0 radical (unpaired) electrons. The van der Waals surface area contributed by atoms with Crippen LogP contribution in [-0.4, -0.2) is 5.60 Å². The summed E-state index contributed by atoms with van der Waals surface area (Å²) in [6.45, 7) is 5.59. The lowest BCUT2D eigenvalue weighted by Gasteiger charge is -2.22. The van der Waals surface area contributed by atoms with Crippen molar-refractivity contribution in [1.82, 2.24) is 0 Å². The largest absolute Gasteiger partial charge is 0.618 e. The lowest BCUT2D eigenvalue weighted by molar-refractivity contribution is -0.614. The van der Waals surface area contributed by atoms with Crippen LogP contribution in [0, 0.1) is 23.5 Å². The number of aryl methyl sites for hydroxylation is 1. The summed E-state index contributed by atoms with van der Waals surface area (Å²) >= 11 is 0. The molecular formula is C18H18N2O2. The first kappa shape index (κ1) is 15.6. The van der Waals surface area contributed by atoms with Crippen LogP contribution in [0.3, 0.4) is 0 Å². The molecule has 4 nitrogen and oxygen atoms in total. The smallest absolute Gasteiger partial charge is 0.216 e. The Morgan fingerprint density at radius 3 is 2.50 bits per heavy atom. The summed E-state index contributed by atoms with van der Waals surface area (Å²) in [5.41, 5.74) is 1.22. The van der Waals surface area contributed by atoms with Crippen LogP contribution >= 0.6 is 0 Å². The Morgan fingerprint density at radius 1 is 1.18 bits per heavy atom. The minimum absolute atomic E-state index is 0.566. The van der Waals surface area contributed by atoms with Gasteiger partial charge in [0.2, 0.25) is 5.69 Å². The van der Waals surface area contributed by atoms with E-state index in [0.717, 1.165) is 4.73 Å². The van der Waals surface area contributed by atoms with Gasteiger partial charge in [0.25, 0.3) is 0 Å². The van der Waals surface area contributed by atoms with E-state index in [1.54, 1.807) is 49.4 Å². The maximum absolute atomic E-state index is 11.9. The van der Waals surface area contributed by atoms with Crippen LogP contribution in [0.2, 0.25) is 0 Å². The van der Waals surface area contributed by atoms with Crippen molar-refractivity contribution in [3.63, 3.8) is 0 Å². The number of nitrogens with zero attached hydrogens (tertiary/aromatic N) is 2. The molecule has 0 aliphatic rings. The Balaban J connectivity index is 2.14. The molecule has 2 aromatic rings. The third kappa shape index (κ3) is 3.86. The van der Waals surface area contributed by atoms with Crippen molar-refractivity contribution in [2.45, 2.75) is 26.4 Å². The molecule has 0 bridgehead atoms. The van der Waals surface area contributed by atoms with Crippen molar-refractivity contribution in [1.29, 1.82) is 5.26 Å². The standard InChI is InChI=1S/C18H18N2O2/c1-14-5-4-6-16(20(14)21)11-12-18(2,3)22-17-9-7-15(13-19)8-10-17/h4-12H,1-3H3/b12-11+. The molecule has 2 rings (SSSR count). The predicted octanol–water partition coefficient (Wildman–Crippen LogP) is 3.37. The van der Waals surface area contributed by atoms with Gasteiger partial charge in [0.05, 0.1) is 11.6 Å². The number of hydrogen-bond donors (Lipinski definition) is 0. The zero-order chi connectivity index (χ0) is 16.2. The maximum Gasteiger partial charge on any atom is 0.216 e. The van der Waals surface area contributed by atoms with Gasteiger partial charge in [0.15, 0.2) is 5.69 Å². The molecule has 0 unspecified atom stereocenters. The summed E-state index contributed by atoms with van der Waals surface area (Å²) in [5.74, 6) is 0.674. The Labute approximate surface area is 130 Å². The molecule has 1 aromatic heterocycles. The van der Waals surface area contributed by atoms with Crippen LogP contribution < -0.4 is 9.47 Å². The highest BCUT2D eigenvalue weighted by Gasteiger charge is 2.16. The first-order valence-electron chi connectivity index (χ1n) is 6.99. The van der Waals surface area contributed by atoms with Crippen LogP contribution in [0.25, 0.3) is 6.08 Å². The van der Waals surface area contributed by atoms with Crippen LogP contribution in [0.5, 0.6) is 5.75 Å². The molecule has 1 heterocycles. The first-order chi connectivity index (χ1) is 10.4. The van der Waals surface area contributed by atoms with Crippen LogP contribution in [0.4, 0.5) is 0 Å².